The molecule has 0 saturated carbocycles. The Hall–Kier alpha value is -1.44. The number of aromatic nitrogens is 2. The molecule has 1 amide bonds. The summed E-state index contributed by atoms with van der Waals surface area (Å²) in [5, 5.41) is 14.7. The molecule has 2 aliphatic heterocycles. The van der Waals surface area contributed by atoms with Crippen molar-refractivity contribution in [1.82, 2.24) is 24.5 Å². The summed E-state index contributed by atoms with van der Waals surface area (Å²) in [6.45, 7) is 5.49. The Morgan fingerprint density at radius 3 is 2.67 bits per heavy atom. The van der Waals surface area contributed by atoms with Crippen LogP contribution in [0.4, 0.5) is 0 Å². The van der Waals surface area contributed by atoms with Crippen LogP contribution in [0.1, 0.15) is 29.6 Å². The lowest BCUT2D eigenvalue weighted by atomic mass is 10.0. The third-order valence-corrected chi connectivity index (χ3v) is 5.30. The van der Waals surface area contributed by atoms with Crippen molar-refractivity contribution < 1.29 is 9.90 Å². The average molecular weight is 335 g/mol. The number of hydrogen-bond acceptors (Lipinski definition) is 5. The number of amides is 1. The summed E-state index contributed by atoms with van der Waals surface area (Å²) in [7, 11) is 3.97. The molecule has 1 aromatic heterocycles. The second-order valence-electron chi connectivity index (χ2n) is 7.10. The summed E-state index contributed by atoms with van der Waals surface area (Å²) in [5.41, 5.74) is 0.627. The van der Waals surface area contributed by atoms with E-state index in [9.17, 15) is 9.90 Å². The van der Waals surface area contributed by atoms with Gasteiger partial charge in [0.25, 0.3) is 5.91 Å². The minimum Gasteiger partial charge on any atom is -0.391 e. The molecule has 2 atom stereocenters. The van der Waals surface area contributed by atoms with Gasteiger partial charge in [0.05, 0.1) is 17.9 Å². The number of hydrogen-bond donors (Lipinski definition) is 1. The quantitative estimate of drug-likeness (QED) is 0.826. The number of aryl methyl sites for hydroxylation is 1. The van der Waals surface area contributed by atoms with Gasteiger partial charge < -0.3 is 14.9 Å². The molecule has 0 aliphatic carbocycles. The maximum absolute atomic E-state index is 12.6. The standard InChI is InChI=1S/C17H29N5O2/c1-19-6-3-7-21(11-10-19)15-4-8-22(9-5-16(15)23)17(24)14-12-18-20(2)13-14/h12-13,15-16,23H,3-11H2,1-2H3/t15-,16-/m0/s1. The molecular formula is C17H29N5O2. The zero-order valence-electron chi connectivity index (χ0n) is 14.8. The first-order valence-corrected chi connectivity index (χ1v) is 8.93. The van der Waals surface area contributed by atoms with Gasteiger partial charge >= 0.3 is 0 Å². The fraction of sp³-hybridized carbons (Fsp3) is 0.765. The van der Waals surface area contributed by atoms with E-state index in [1.165, 1.54) is 0 Å². The van der Waals surface area contributed by atoms with E-state index in [0.717, 1.165) is 39.0 Å². The van der Waals surface area contributed by atoms with Gasteiger partial charge in [0, 0.05) is 45.5 Å². The van der Waals surface area contributed by atoms with Gasteiger partial charge in [0.1, 0.15) is 0 Å². The first kappa shape index (κ1) is 17.4. The van der Waals surface area contributed by atoms with Crippen molar-refractivity contribution in [1.29, 1.82) is 0 Å². The summed E-state index contributed by atoms with van der Waals surface area (Å²) < 4.78 is 1.65. The molecule has 0 unspecified atom stereocenters. The van der Waals surface area contributed by atoms with Crippen LogP contribution in [0.25, 0.3) is 0 Å². The largest absolute Gasteiger partial charge is 0.391 e. The fourth-order valence-electron chi connectivity index (χ4n) is 3.81. The minimum atomic E-state index is -0.361. The highest BCUT2D eigenvalue weighted by Gasteiger charge is 2.32. The van der Waals surface area contributed by atoms with E-state index in [1.54, 1.807) is 17.1 Å². The van der Waals surface area contributed by atoms with Crippen LogP contribution in [0.15, 0.2) is 12.4 Å². The fourth-order valence-corrected chi connectivity index (χ4v) is 3.81. The van der Waals surface area contributed by atoms with Gasteiger partial charge in [-0.1, -0.05) is 0 Å². The normalized spacial score (nSPS) is 27.7. The molecule has 0 radical (unpaired) electrons. The summed E-state index contributed by atoms with van der Waals surface area (Å²) in [6.07, 6.45) is 5.62. The molecule has 1 N–H and O–H groups in total. The molecule has 7 heteroatoms. The molecule has 0 bridgehead atoms. The van der Waals surface area contributed by atoms with Crippen molar-refractivity contribution in [3.05, 3.63) is 18.0 Å². The van der Waals surface area contributed by atoms with E-state index >= 15 is 0 Å². The van der Waals surface area contributed by atoms with Gasteiger partial charge in [0.15, 0.2) is 0 Å². The molecule has 24 heavy (non-hydrogen) atoms. The number of nitrogens with zero attached hydrogens (tertiary/aromatic N) is 5. The van der Waals surface area contributed by atoms with Crippen molar-refractivity contribution in [3.63, 3.8) is 0 Å². The van der Waals surface area contributed by atoms with Crippen molar-refractivity contribution in [2.24, 2.45) is 7.05 Å². The second kappa shape index (κ2) is 7.63. The van der Waals surface area contributed by atoms with Crippen LogP contribution in [0.2, 0.25) is 0 Å². The van der Waals surface area contributed by atoms with E-state index < -0.39 is 0 Å². The summed E-state index contributed by atoms with van der Waals surface area (Å²) in [6, 6.07) is 0.156. The predicted molar refractivity (Wildman–Crippen MR) is 91.8 cm³/mol. The summed E-state index contributed by atoms with van der Waals surface area (Å²) in [4.78, 5) is 19.3. The third-order valence-electron chi connectivity index (χ3n) is 5.30. The van der Waals surface area contributed by atoms with Gasteiger partial charge in [-0.2, -0.15) is 5.10 Å². The van der Waals surface area contributed by atoms with Crippen LogP contribution in [0, 0.1) is 0 Å². The summed E-state index contributed by atoms with van der Waals surface area (Å²) in [5.74, 6) is 0.0200. The maximum Gasteiger partial charge on any atom is 0.257 e. The highest BCUT2D eigenvalue weighted by Crippen LogP contribution is 2.20. The van der Waals surface area contributed by atoms with Gasteiger partial charge in [-0.25, -0.2) is 0 Å². The topological polar surface area (TPSA) is 64.8 Å². The smallest absolute Gasteiger partial charge is 0.257 e. The maximum atomic E-state index is 12.6. The predicted octanol–water partition coefficient (Wildman–Crippen LogP) is 0.0231. The molecule has 0 aromatic carbocycles. The van der Waals surface area contributed by atoms with Crippen molar-refractivity contribution in [2.75, 3.05) is 46.3 Å². The third kappa shape index (κ3) is 3.96. The Morgan fingerprint density at radius 2 is 1.92 bits per heavy atom. The molecular weight excluding hydrogens is 306 g/mol. The Labute approximate surface area is 143 Å². The molecule has 134 valence electrons. The Balaban J connectivity index is 1.63. The highest BCUT2D eigenvalue weighted by molar-refractivity contribution is 5.93. The summed E-state index contributed by atoms with van der Waals surface area (Å²) >= 11 is 0. The lowest BCUT2D eigenvalue weighted by molar-refractivity contribution is 0.0491. The van der Waals surface area contributed by atoms with Crippen LogP contribution in [-0.4, -0.2) is 94.0 Å². The van der Waals surface area contributed by atoms with Crippen LogP contribution >= 0.6 is 0 Å². The Kier molecular flexibility index (Phi) is 5.53. The van der Waals surface area contributed by atoms with Crippen molar-refractivity contribution in [3.8, 4) is 0 Å². The zero-order chi connectivity index (χ0) is 17.1. The van der Waals surface area contributed by atoms with E-state index in [0.29, 0.717) is 25.1 Å². The monoisotopic (exact) mass is 335 g/mol. The van der Waals surface area contributed by atoms with Gasteiger partial charge in [-0.15, -0.1) is 0 Å². The molecule has 7 nitrogen and oxygen atoms in total. The number of rotatable bonds is 2. The van der Waals surface area contributed by atoms with E-state index in [-0.39, 0.29) is 18.1 Å². The Morgan fingerprint density at radius 1 is 1.12 bits per heavy atom. The van der Waals surface area contributed by atoms with Crippen LogP contribution in [0.5, 0.6) is 0 Å². The lowest BCUT2D eigenvalue weighted by Crippen LogP contribution is -2.45. The number of likely N-dealkylation sites (tertiary alicyclic amines) is 1. The van der Waals surface area contributed by atoms with E-state index in [2.05, 4.69) is 21.9 Å². The molecule has 2 saturated heterocycles. The minimum absolute atomic E-state index is 0.0200. The van der Waals surface area contributed by atoms with Crippen molar-refractivity contribution in [2.45, 2.75) is 31.4 Å². The van der Waals surface area contributed by atoms with Crippen LogP contribution < -0.4 is 0 Å². The first-order chi connectivity index (χ1) is 11.5. The number of aliphatic hydroxyl groups is 1. The molecule has 3 rings (SSSR count). The number of aliphatic hydroxyl groups excluding tert-OH is 1. The average Bonchev–Trinajstić information content (AvgIpc) is 2.76. The van der Waals surface area contributed by atoms with Crippen LogP contribution in [0.3, 0.4) is 0 Å². The van der Waals surface area contributed by atoms with Gasteiger partial charge in [-0.3, -0.25) is 14.4 Å². The molecule has 3 heterocycles. The second-order valence-corrected chi connectivity index (χ2v) is 7.10. The molecule has 2 fully saturated rings. The number of likely N-dealkylation sites (N-methyl/N-ethyl adjacent to an activating group) is 1. The van der Waals surface area contributed by atoms with Gasteiger partial charge in [-0.05, 0) is 39.4 Å². The number of carbonyl (C=O) groups is 1. The van der Waals surface area contributed by atoms with E-state index in [1.807, 2.05) is 11.9 Å². The van der Waals surface area contributed by atoms with Crippen molar-refractivity contribution >= 4 is 5.91 Å². The molecule has 0 spiro atoms. The lowest BCUT2D eigenvalue weighted by Gasteiger charge is -2.32. The zero-order valence-corrected chi connectivity index (χ0v) is 14.8. The highest BCUT2D eigenvalue weighted by atomic mass is 16.3. The van der Waals surface area contributed by atoms with Crippen LogP contribution in [-0.2, 0) is 7.05 Å². The molecule has 1 aromatic rings. The molecule has 2 aliphatic rings. The number of carbonyl (C=O) groups excluding carboxylic acids is 1. The SMILES string of the molecule is CN1CCCN([C@H]2CCN(C(=O)c3cnn(C)c3)CC[C@@H]2O)CC1. The van der Waals surface area contributed by atoms with E-state index in [4.69, 9.17) is 0 Å². The van der Waals surface area contributed by atoms with Gasteiger partial charge in [0.2, 0.25) is 0 Å². The Bertz CT molecular complexity index is 561. The first-order valence-electron chi connectivity index (χ1n) is 8.93.